The smallest absolute Gasteiger partial charge is 0.549 e. The molecule has 2 unspecified atom stereocenters. The van der Waals surface area contributed by atoms with Crippen LogP contribution in [0.4, 0.5) is 5.13 Å². The maximum atomic E-state index is 12.4. The number of hydrogen-bond acceptors (Lipinski definition) is 10. The number of aliphatic carboxylic acids is 1. The van der Waals surface area contributed by atoms with Gasteiger partial charge in [-0.15, -0.1) is 23.1 Å². The summed E-state index contributed by atoms with van der Waals surface area (Å²) in [6.45, 7) is 0.704. The van der Waals surface area contributed by atoms with Crippen molar-refractivity contribution >= 4 is 52.0 Å². The molecule has 1 aromatic rings. The van der Waals surface area contributed by atoms with E-state index < -0.39 is 23.4 Å². The van der Waals surface area contributed by atoms with Crippen molar-refractivity contribution in [1.82, 2.24) is 15.2 Å². The molecule has 2 N–H and O–H groups in total. The summed E-state index contributed by atoms with van der Waals surface area (Å²) < 4.78 is 4.87. The molecular weight excluding hydrogens is 431 g/mol. The van der Waals surface area contributed by atoms with Gasteiger partial charge in [0.25, 0.3) is 0 Å². The fraction of sp³-hybridized carbons (Fsp3) is 0.562. The van der Waals surface area contributed by atoms with Crippen molar-refractivity contribution in [2.24, 2.45) is 5.41 Å². The van der Waals surface area contributed by atoms with Crippen molar-refractivity contribution in [3.8, 4) is 0 Å². The number of thioether (sulfide) groups is 1. The van der Waals surface area contributed by atoms with Gasteiger partial charge in [0.1, 0.15) is 18.0 Å². The molecule has 29 heavy (non-hydrogen) atoms. The number of aromatic nitrogens is 1. The molecule has 0 bridgehead atoms. The molecule has 13 heteroatoms. The number of esters is 1. The second-order valence-corrected chi connectivity index (χ2v) is 8.59. The predicted octanol–water partition coefficient (Wildman–Crippen LogP) is -4.57. The first-order chi connectivity index (χ1) is 13.3. The molecule has 0 saturated carbocycles. The van der Waals surface area contributed by atoms with Crippen LogP contribution in [0.1, 0.15) is 12.6 Å². The number of anilines is 1. The second-order valence-electron chi connectivity index (χ2n) is 6.63. The number of hydrogen-bond donors (Lipinski definition) is 2. The molecule has 10 nitrogen and oxygen atoms in total. The number of amides is 2. The SMILES string of the molecule is CNc1nc(CC(=O)NC2C(=O)N3CC(COC(C)=O)(C(=O)[O-])CS[C@H]23)cs1.[Na+]. The number of nitrogens with one attached hydrogen (secondary N) is 2. The summed E-state index contributed by atoms with van der Waals surface area (Å²) in [7, 11) is 1.73. The summed E-state index contributed by atoms with van der Waals surface area (Å²) in [5, 5.41) is 19.3. The van der Waals surface area contributed by atoms with Crippen molar-refractivity contribution in [2.45, 2.75) is 24.8 Å². The Morgan fingerprint density at radius 2 is 2.17 bits per heavy atom. The van der Waals surface area contributed by atoms with Gasteiger partial charge in [-0.2, -0.15) is 0 Å². The number of carboxylic acid groups (broad SMARTS) is 1. The summed E-state index contributed by atoms with van der Waals surface area (Å²) in [5.41, 5.74) is -0.856. The van der Waals surface area contributed by atoms with Crippen LogP contribution in [-0.4, -0.2) is 71.0 Å². The van der Waals surface area contributed by atoms with Crippen LogP contribution in [-0.2, 0) is 30.3 Å². The average Bonchev–Trinajstić information content (AvgIpc) is 3.11. The first-order valence-electron chi connectivity index (χ1n) is 8.44. The summed E-state index contributed by atoms with van der Waals surface area (Å²) in [5.74, 6) is -2.56. The zero-order chi connectivity index (χ0) is 20.5. The number of ether oxygens (including phenoxy) is 1. The van der Waals surface area contributed by atoms with E-state index in [4.69, 9.17) is 4.74 Å². The molecule has 2 saturated heterocycles. The van der Waals surface area contributed by atoms with Crippen molar-refractivity contribution in [2.75, 3.05) is 31.3 Å². The third kappa shape index (κ3) is 5.05. The molecule has 0 aromatic carbocycles. The number of nitrogens with zero attached hydrogens (tertiary/aromatic N) is 2. The molecule has 2 amide bonds. The van der Waals surface area contributed by atoms with Crippen LogP contribution in [0.2, 0.25) is 0 Å². The van der Waals surface area contributed by atoms with Gasteiger partial charge in [-0.1, -0.05) is 0 Å². The van der Waals surface area contributed by atoms with Gasteiger partial charge < -0.3 is 30.2 Å². The second kappa shape index (κ2) is 9.65. The molecule has 3 atom stereocenters. The number of carbonyl (C=O) groups excluding carboxylic acids is 4. The standard InChI is InChI=1S/C16H20N4O6S2.Na/c1-8(21)26-6-16(14(24)25)5-20-12(23)11(13(20)28-7-16)19-10(22)3-9-4-27-15(17-2)18-9;/h4,11,13H,3,5-7H2,1-2H3,(H,17,18)(H,19,22)(H,24,25);/q;+1/p-1/t11?,13-,16?;/m1./s1. The minimum Gasteiger partial charge on any atom is -0.549 e. The van der Waals surface area contributed by atoms with Gasteiger partial charge in [0.2, 0.25) is 11.8 Å². The molecule has 0 radical (unpaired) electrons. The van der Waals surface area contributed by atoms with E-state index >= 15 is 0 Å². The van der Waals surface area contributed by atoms with Gasteiger partial charge in [0, 0.05) is 31.6 Å². The van der Waals surface area contributed by atoms with Crippen LogP contribution in [0.25, 0.3) is 0 Å². The first-order valence-corrected chi connectivity index (χ1v) is 10.4. The maximum absolute atomic E-state index is 12.4. The van der Waals surface area contributed by atoms with Gasteiger partial charge in [0.05, 0.1) is 23.5 Å². The molecule has 152 valence electrons. The van der Waals surface area contributed by atoms with Gasteiger partial charge in [-0.25, -0.2) is 4.98 Å². The molecule has 3 rings (SSSR count). The topological polar surface area (TPSA) is 141 Å². The van der Waals surface area contributed by atoms with E-state index in [2.05, 4.69) is 15.6 Å². The monoisotopic (exact) mass is 450 g/mol. The van der Waals surface area contributed by atoms with Crippen molar-refractivity contribution in [3.63, 3.8) is 0 Å². The fourth-order valence-electron chi connectivity index (χ4n) is 3.03. The number of carboxylic acids is 1. The van der Waals surface area contributed by atoms with Crippen LogP contribution in [0.3, 0.4) is 0 Å². The average molecular weight is 450 g/mol. The quantitative estimate of drug-likeness (QED) is 0.239. The number of carbonyl (C=O) groups is 4. The van der Waals surface area contributed by atoms with Crippen LogP contribution in [0.5, 0.6) is 0 Å². The van der Waals surface area contributed by atoms with Gasteiger partial charge in [-0.3, -0.25) is 14.4 Å². The Labute approximate surface area is 197 Å². The third-order valence-corrected chi connectivity index (χ3v) is 7.05. The molecule has 2 aliphatic rings. The van der Waals surface area contributed by atoms with E-state index in [9.17, 15) is 24.3 Å². The zero-order valence-corrected chi connectivity index (χ0v) is 19.9. The largest absolute Gasteiger partial charge is 1.00 e. The third-order valence-electron chi connectivity index (χ3n) is 4.55. The Hall–Kier alpha value is -1.34. The van der Waals surface area contributed by atoms with E-state index in [0.717, 1.165) is 0 Å². The molecule has 2 fully saturated rings. The molecule has 0 spiro atoms. The van der Waals surface area contributed by atoms with Crippen molar-refractivity contribution in [1.29, 1.82) is 0 Å². The van der Waals surface area contributed by atoms with E-state index in [1.54, 1.807) is 12.4 Å². The Morgan fingerprint density at radius 3 is 2.76 bits per heavy atom. The number of β-lactam (4-membered cyclic amide) rings is 1. The van der Waals surface area contributed by atoms with E-state index in [1.807, 2.05) is 0 Å². The normalized spacial score (nSPS) is 25.2. The van der Waals surface area contributed by atoms with Crippen LogP contribution < -0.4 is 45.3 Å². The van der Waals surface area contributed by atoms with E-state index in [-0.39, 0.29) is 72.1 Å². The fourth-order valence-corrected chi connectivity index (χ4v) is 5.22. The van der Waals surface area contributed by atoms with Gasteiger partial charge >= 0.3 is 35.5 Å². The summed E-state index contributed by atoms with van der Waals surface area (Å²) in [4.78, 5) is 52.9. The van der Waals surface area contributed by atoms with Crippen LogP contribution in [0, 0.1) is 5.41 Å². The van der Waals surface area contributed by atoms with E-state index in [1.165, 1.54) is 34.9 Å². The molecule has 1 aromatic heterocycles. The molecular formula is C16H19N4NaO6S2. The maximum Gasteiger partial charge on any atom is 1.00 e. The minimum atomic E-state index is -1.46. The Morgan fingerprint density at radius 1 is 1.45 bits per heavy atom. The summed E-state index contributed by atoms with van der Waals surface area (Å²) >= 11 is 2.60. The Balaban J connectivity index is 0.00000300. The molecule has 0 aliphatic carbocycles. The van der Waals surface area contributed by atoms with Gasteiger partial charge in [0.15, 0.2) is 5.13 Å². The number of thiazole rings is 1. The number of fused-ring (bicyclic) bond motifs is 1. The molecule has 2 aliphatic heterocycles. The Kier molecular flexibility index (Phi) is 7.96. The van der Waals surface area contributed by atoms with E-state index in [0.29, 0.717) is 10.8 Å². The first kappa shape index (κ1) is 23.9. The minimum absolute atomic E-state index is 0. The van der Waals surface area contributed by atoms with Crippen LogP contribution in [0.15, 0.2) is 5.38 Å². The number of rotatable bonds is 7. The summed E-state index contributed by atoms with van der Waals surface area (Å²) in [6.07, 6.45) is 0.0504. The predicted molar refractivity (Wildman–Crippen MR) is 99.3 cm³/mol. The zero-order valence-electron chi connectivity index (χ0n) is 16.2. The van der Waals surface area contributed by atoms with Crippen LogP contribution >= 0.6 is 23.1 Å². The van der Waals surface area contributed by atoms with Gasteiger partial charge in [-0.05, 0) is 0 Å². The Bertz CT molecular complexity index is 821. The molecule has 3 heterocycles. The van der Waals surface area contributed by atoms with Crippen molar-refractivity contribution in [3.05, 3.63) is 11.1 Å². The summed E-state index contributed by atoms with van der Waals surface area (Å²) in [6, 6.07) is -0.714. The van der Waals surface area contributed by atoms with Crippen molar-refractivity contribution < 1.29 is 58.6 Å².